The van der Waals surface area contributed by atoms with Gasteiger partial charge in [-0.05, 0) is 6.42 Å². The Labute approximate surface area is 115 Å². The van der Waals surface area contributed by atoms with Gasteiger partial charge in [-0.1, -0.05) is 6.92 Å². The molecular formula is C10H17N9O. The zero-order chi connectivity index (χ0) is 14.4. The Balaban J connectivity index is 2.38. The van der Waals surface area contributed by atoms with Crippen molar-refractivity contribution in [2.24, 2.45) is 5.84 Å². The second-order valence-electron chi connectivity index (χ2n) is 3.95. The van der Waals surface area contributed by atoms with E-state index in [0.29, 0.717) is 25.0 Å². The number of aliphatic hydroxyl groups excluding tert-OH is 1. The predicted octanol–water partition coefficient (Wildman–Crippen LogP) is -1.05. The molecule has 0 aromatic carbocycles. The SMILES string of the molecule is CCCN(CCO)c1nc(NN)nc(-n2cncn2)n1. The maximum Gasteiger partial charge on any atom is 0.258 e. The molecule has 0 atom stereocenters. The molecule has 0 amide bonds. The molecule has 108 valence electrons. The van der Waals surface area contributed by atoms with Crippen molar-refractivity contribution in [3.8, 4) is 5.95 Å². The standard InChI is InChI=1S/C10H17N9O/c1-2-3-18(4-5-20)9-14-8(17-11)15-10(16-9)19-7-12-6-13-19/h6-7,20H,2-5,11H2,1H3,(H,14,15,16,17). The molecule has 4 N–H and O–H groups in total. The lowest BCUT2D eigenvalue weighted by Crippen LogP contribution is -2.30. The van der Waals surface area contributed by atoms with Crippen molar-refractivity contribution in [1.82, 2.24) is 29.7 Å². The first-order chi connectivity index (χ1) is 9.78. The molecule has 2 aromatic heterocycles. The molecule has 0 saturated carbocycles. The van der Waals surface area contributed by atoms with E-state index in [0.717, 1.165) is 6.42 Å². The molecular weight excluding hydrogens is 262 g/mol. The first-order valence-corrected chi connectivity index (χ1v) is 6.22. The van der Waals surface area contributed by atoms with Gasteiger partial charge in [-0.2, -0.15) is 24.7 Å². The molecule has 2 rings (SSSR count). The Morgan fingerprint density at radius 3 is 2.80 bits per heavy atom. The summed E-state index contributed by atoms with van der Waals surface area (Å²) in [7, 11) is 0. The first-order valence-electron chi connectivity index (χ1n) is 6.22. The van der Waals surface area contributed by atoms with Crippen LogP contribution < -0.4 is 16.2 Å². The van der Waals surface area contributed by atoms with E-state index in [4.69, 9.17) is 10.9 Å². The van der Waals surface area contributed by atoms with Crippen molar-refractivity contribution in [2.45, 2.75) is 13.3 Å². The van der Waals surface area contributed by atoms with Crippen molar-refractivity contribution >= 4 is 11.9 Å². The molecule has 2 heterocycles. The number of rotatable bonds is 7. The van der Waals surface area contributed by atoms with E-state index < -0.39 is 0 Å². The lowest BCUT2D eigenvalue weighted by Gasteiger charge is -2.21. The Morgan fingerprint density at radius 2 is 2.20 bits per heavy atom. The van der Waals surface area contributed by atoms with Crippen LogP contribution in [0.2, 0.25) is 0 Å². The van der Waals surface area contributed by atoms with E-state index in [2.05, 4.69) is 30.5 Å². The van der Waals surface area contributed by atoms with Crippen LogP contribution in [0.15, 0.2) is 12.7 Å². The van der Waals surface area contributed by atoms with Gasteiger partial charge in [0.15, 0.2) is 0 Å². The van der Waals surface area contributed by atoms with Gasteiger partial charge in [-0.3, -0.25) is 5.43 Å². The van der Waals surface area contributed by atoms with Gasteiger partial charge in [0.25, 0.3) is 5.95 Å². The number of aliphatic hydroxyl groups is 1. The van der Waals surface area contributed by atoms with Gasteiger partial charge in [0, 0.05) is 13.1 Å². The Hall–Kier alpha value is -2.33. The number of nitrogens with one attached hydrogen (secondary N) is 1. The molecule has 0 radical (unpaired) electrons. The predicted molar refractivity (Wildman–Crippen MR) is 72.1 cm³/mol. The summed E-state index contributed by atoms with van der Waals surface area (Å²) in [5.74, 6) is 6.33. The number of hydrogen-bond acceptors (Lipinski definition) is 9. The summed E-state index contributed by atoms with van der Waals surface area (Å²) in [6, 6.07) is 0. The molecule has 0 aliphatic rings. The largest absolute Gasteiger partial charge is 0.395 e. The van der Waals surface area contributed by atoms with E-state index >= 15 is 0 Å². The fraction of sp³-hybridized carbons (Fsp3) is 0.500. The number of nitrogen functional groups attached to an aromatic ring is 1. The summed E-state index contributed by atoms with van der Waals surface area (Å²) < 4.78 is 1.41. The molecule has 0 spiro atoms. The Bertz CT molecular complexity index is 524. The lowest BCUT2D eigenvalue weighted by atomic mass is 10.4. The van der Waals surface area contributed by atoms with E-state index in [1.165, 1.54) is 17.3 Å². The number of nitrogens with zero attached hydrogens (tertiary/aromatic N) is 7. The van der Waals surface area contributed by atoms with Crippen LogP contribution in [0.5, 0.6) is 0 Å². The fourth-order valence-corrected chi connectivity index (χ4v) is 1.68. The van der Waals surface area contributed by atoms with Gasteiger partial charge in [0.2, 0.25) is 11.9 Å². The lowest BCUT2D eigenvalue weighted by molar-refractivity contribution is 0.301. The van der Waals surface area contributed by atoms with Gasteiger partial charge in [-0.25, -0.2) is 10.8 Å². The third-order valence-corrected chi connectivity index (χ3v) is 2.51. The zero-order valence-corrected chi connectivity index (χ0v) is 11.1. The van der Waals surface area contributed by atoms with Crippen LogP contribution in [0.4, 0.5) is 11.9 Å². The number of hydrogen-bond donors (Lipinski definition) is 3. The first kappa shape index (κ1) is 14.1. The van der Waals surface area contributed by atoms with Gasteiger partial charge in [0.1, 0.15) is 12.7 Å². The van der Waals surface area contributed by atoms with Crippen LogP contribution in [-0.2, 0) is 0 Å². The summed E-state index contributed by atoms with van der Waals surface area (Å²) >= 11 is 0. The maximum absolute atomic E-state index is 9.12. The average Bonchev–Trinajstić information content (AvgIpc) is 3.01. The summed E-state index contributed by atoms with van der Waals surface area (Å²) in [6.07, 6.45) is 3.77. The van der Waals surface area contributed by atoms with E-state index in [-0.39, 0.29) is 12.6 Å². The van der Waals surface area contributed by atoms with Crippen molar-refractivity contribution < 1.29 is 5.11 Å². The molecule has 10 heteroatoms. The van der Waals surface area contributed by atoms with Crippen LogP contribution in [0.1, 0.15) is 13.3 Å². The summed E-state index contributed by atoms with van der Waals surface area (Å²) in [4.78, 5) is 18.3. The van der Waals surface area contributed by atoms with Crippen molar-refractivity contribution in [1.29, 1.82) is 0 Å². The number of anilines is 2. The minimum absolute atomic E-state index is 0.00965. The summed E-state index contributed by atoms with van der Waals surface area (Å²) in [5, 5.41) is 13.1. The molecule has 10 nitrogen and oxygen atoms in total. The van der Waals surface area contributed by atoms with Crippen LogP contribution >= 0.6 is 0 Å². The van der Waals surface area contributed by atoms with Crippen LogP contribution in [0.25, 0.3) is 5.95 Å². The highest BCUT2D eigenvalue weighted by Crippen LogP contribution is 2.12. The highest BCUT2D eigenvalue weighted by Gasteiger charge is 2.13. The van der Waals surface area contributed by atoms with Crippen molar-refractivity contribution in [3.05, 3.63) is 12.7 Å². The van der Waals surface area contributed by atoms with Crippen LogP contribution in [0.3, 0.4) is 0 Å². The summed E-state index contributed by atoms with van der Waals surface area (Å²) in [5.41, 5.74) is 2.40. The molecule has 20 heavy (non-hydrogen) atoms. The molecule has 2 aromatic rings. The van der Waals surface area contributed by atoms with Gasteiger partial charge in [0.05, 0.1) is 6.61 Å². The average molecular weight is 279 g/mol. The van der Waals surface area contributed by atoms with Gasteiger partial charge >= 0.3 is 0 Å². The number of aromatic nitrogens is 6. The van der Waals surface area contributed by atoms with Gasteiger partial charge < -0.3 is 10.0 Å². The number of hydrazine groups is 1. The van der Waals surface area contributed by atoms with E-state index in [1.54, 1.807) is 0 Å². The number of nitrogens with two attached hydrogens (primary N) is 1. The smallest absolute Gasteiger partial charge is 0.258 e. The Morgan fingerprint density at radius 1 is 1.35 bits per heavy atom. The van der Waals surface area contributed by atoms with E-state index in [1.807, 2.05) is 11.8 Å². The quantitative estimate of drug-likeness (QED) is 0.429. The normalized spacial score (nSPS) is 10.6. The van der Waals surface area contributed by atoms with Crippen LogP contribution in [-0.4, -0.2) is 54.5 Å². The molecule has 0 aliphatic carbocycles. The minimum atomic E-state index is 0.00965. The molecule has 0 aliphatic heterocycles. The van der Waals surface area contributed by atoms with Gasteiger partial charge in [-0.15, -0.1) is 0 Å². The topological polar surface area (TPSA) is 131 Å². The minimum Gasteiger partial charge on any atom is -0.395 e. The molecule has 0 bridgehead atoms. The van der Waals surface area contributed by atoms with Crippen LogP contribution in [0, 0.1) is 0 Å². The molecule has 0 saturated heterocycles. The fourth-order valence-electron chi connectivity index (χ4n) is 1.68. The third kappa shape index (κ3) is 3.16. The Kier molecular flexibility index (Phi) is 4.74. The molecule has 0 fully saturated rings. The van der Waals surface area contributed by atoms with Crippen molar-refractivity contribution in [3.63, 3.8) is 0 Å². The monoisotopic (exact) mass is 279 g/mol. The highest BCUT2D eigenvalue weighted by molar-refractivity contribution is 5.39. The summed E-state index contributed by atoms with van der Waals surface area (Å²) in [6.45, 7) is 3.19. The zero-order valence-electron chi connectivity index (χ0n) is 11.1. The maximum atomic E-state index is 9.12. The second kappa shape index (κ2) is 6.73. The third-order valence-electron chi connectivity index (χ3n) is 2.51. The highest BCUT2D eigenvalue weighted by atomic mass is 16.3. The van der Waals surface area contributed by atoms with Crippen molar-refractivity contribution in [2.75, 3.05) is 30.0 Å². The van der Waals surface area contributed by atoms with E-state index in [9.17, 15) is 0 Å². The second-order valence-corrected chi connectivity index (χ2v) is 3.95. The molecule has 0 unspecified atom stereocenters.